The second-order valence-corrected chi connectivity index (χ2v) is 3.73. The average Bonchev–Trinajstić information content (AvgIpc) is 2.71. The minimum absolute atomic E-state index is 0.146. The van der Waals surface area contributed by atoms with Gasteiger partial charge in [-0.15, -0.1) is 11.8 Å². The first-order valence-electron chi connectivity index (χ1n) is 4.27. The van der Waals surface area contributed by atoms with E-state index in [2.05, 4.69) is 18.4 Å². The predicted octanol–water partition coefficient (Wildman–Crippen LogP) is 2.45. The van der Waals surface area contributed by atoms with Crippen molar-refractivity contribution in [1.29, 1.82) is 0 Å². The van der Waals surface area contributed by atoms with E-state index in [1.54, 1.807) is 11.8 Å². The molecule has 3 heteroatoms. The summed E-state index contributed by atoms with van der Waals surface area (Å²) < 4.78 is 10.8. The topological polar surface area (TPSA) is 18.5 Å². The molecule has 0 amide bonds. The molecule has 1 fully saturated rings. The van der Waals surface area contributed by atoms with Gasteiger partial charge in [-0.25, -0.2) is 0 Å². The van der Waals surface area contributed by atoms with E-state index in [-0.39, 0.29) is 6.29 Å². The average molecular weight is 196 g/mol. The van der Waals surface area contributed by atoms with E-state index in [0.717, 1.165) is 5.56 Å². The van der Waals surface area contributed by atoms with Gasteiger partial charge in [0, 0.05) is 10.5 Å². The van der Waals surface area contributed by atoms with Crippen LogP contribution in [0.25, 0.3) is 0 Å². The third-order valence-corrected chi connectivity index (χ3v) is 2.71. The molecule has 0 bridgehead atoms. The Labute approximate surface area is 82.2 Å². The summed E-state index contributed by atoms with van der Waals surface area (Å²) in [6, 6.07) is 8.27. The minimum atomic E-state index is -0.146. The first kappa shape index (κ1) is 9.06. The molecule has 70 valence electrons. The van der Waals surface area contributed by atoms with Gasteiger partial charge in [0.05, 0.1) is 13.2 Å². The molecule has 0 saturated carbocycles. The van der Waals surface area contributed by atoms with E-state index < -0.39 is 0 Å². The Morgan fingerprint density at radius 1 is 1.31 bits per heavy atom. The molecule has 1 aliphatic heterocycles. The summed E-state index contributed by atoms with van der Waals surface area (Å²) in [6.45, 7) is 1.41. The molecule has 0 atom stereocenters. The molecule has 1 aromatic carbocycles. The normalized spacial score (nSPS) is 17.9. The SMILES string of the molecule is CSc1cccc(C2OCCO2)c1. The smallest absolute Gasteiger partial charge is 0.184 e. The van der Waals surface area contributed by atoms with Crippen LogP contribution in [0, 0.1) is 0 Å². The van der Waals surface area contributed by atoms with Crippen LogP contribution < -0.4 is 0 Å². The van der Waals surface area contributed by atoms with E-state index in [4.69, 9.17) is 9.47 Å². The van der Waals surface area contributed by atoms with Crippen LogP contribution in [0.4, 0.5) is 0 Å². The molecule has 0 aliphatic carbocycles. The second kappa shape index (κ2) is 4.13. The lowest BCUT2D eigenvalue weighted by molar-refractivity contribution is -0.0442. The van der Waals surface area contributed by atoms with E-state index in [9.17, 15) is 0 Å². The van der Waals surface area contributed by atoms with Crippen LogP contribution in [-0.4, -0.2) is 19.5 Å². The lowest BCUT2D eigenvalue weighted by Crippen LogP contribution is -1.97. The molecule has 0 aromatic heterocycles. The number of rotatable bonds is 2. The maximum absolute atomic E-state index is 5.41. The van der Waals surface area contributed by atoms with Gasteiger partial charge in [0.1, 0.15) is 0 Å². The molecule has 1 aliphatic rings. The van der Waals surface area contributed by atoms with Crippen LogP contribution in [0.1, 0.15) is 11.9 Å². The van der Waals surface area contributed by atoms with Gasteiger partial charge >= 0.3 is 0 Å². The number of hydrogen-bond donors (Lipinski definition) is 0. The molecule has 0 spiro atoms. The van der Waals surface area contributed by atoms with Crippen LogP contribution in [0.3, 0.4) is 0 Å². The van der Waals surface area contributed by atoms with Gasteiger partial charge < -0.3 is 9.47 Å². The predicted molar refractivity (Wildman–Crippen MR) is 52.9 cm³/mol. The molecular weight excluding hydrogens is 184 g/mol. The van der Waals surface area contributed by atoms with E-state index in [1.807, 2.05) is 12.1 Å². The summed E-state index contributed by atoms with van der Waals surface area (Å²) in [4.78, 5) is 1.25. The minimum Gasteiger partial charge on any atom is -0.346 e. The fourth-order valence-corrected chi connectivity index (χ4v) is 1.81. The summed E-state index contributed by atoms with van der Waals surface area (Å²) in [7, 11) is 0. The Morgan fingerprint density at radius 3 is 2.77 bits per heavy atom. The zero-order valence-corrected chi connectivity index (χ0v) is 8.34. The molecule has 0 unspecified atom stereocenters. The molecule has 13 heavy (non-hydrogen) atoms. The highest BCUT2D eigenvalue weighted by molar-refractivity contribution is 7.98. The fourth-order valence-electron chi connectivity index (χ4n) is 1.34. The van der Waals surface area contributed by atoms with Crippen LogP contribution >= 0.6 is 11.8 Å². The van der Waals surface area contributed by atoms with Crippen molar-refractivity contribution in [2.24, 2.45) is 0 Å². The van der Waals surface area contributed by atoms with Gasteiger partial charge in [-0.3, -0.25) is 0 Å². The van der Waals surface area contributed by atoms with Crippen molar-refractivity contribution < 1.29 is 9.47 Å². The van der Waals surface area contributed by atoms with Crippen LogP contribution in [0.2, 0.25) is 0 Å². The standard InChI is InChI=1S/C10H12O2S/c1-13-9-4-2-3-8(7-9)10-11-5-6-12-10/h2-4,7,10H,5-6H2,1H3. The number of thioether (sulfide) groups is 1. The zero-order valence-electron chi connectivity index (χ0n) is 7.53. The third kappa shape index (κ3) is 2.05. The van der Waals surface area contributed by atoms with Crippen molar-refractivity contribution in [3.63, 3.8) is 0 Å². The summed E-state index contributed by atoms with van der Waals surface area (Å²) in [5.74, 6) is 0. The first-order chi connectivity index (χ1) is 6.40. The molecule has 2 nitrogen and oxygen atoms in total. The molecule has 2 rings (SSSR count). The zero-order chi connectivity index (χ0) is 9.10. The van der Waals surface area contributed by atoms with Gasteiger partial charge in [0.2, 0.25) is 0 Å². The van der Waals surface area contributed by atoms with Crippen molar-refractivity contribution in [2.75, 3.05) is 19.5 Å². The molecule has 0 radical (unpaired) electrons. The lowest BCUT2D eigenvalue weighted by atomic mass is 10.2. The van der Waals surface area contributed by atoms with Crippen molar-refractivity contribution in [3.05, 3.63) is 29.8 Å². The fraction of sp³-hybridized carbons (Fsp3) is 0.400. The first-order valence-corrected chi connectivity index (χ1v) is 5.50. The quantitative estimate of drug-likeness (QED) is 0.677. The van der Waals surface area contributed by atoms with Gasteiger partial charge in [0.25, 0.3) is 0 Å². The number of hydrogen-bond acceptors (Lipinski definition) is 3. The van der Waals surface area contributed by atoms with E-state index in [0.29, 0.717) is 13.2 Å². The number of benzene rings is 1. The Kier molecular flexibility index (Phi) is 2.88. The van der Waals surface area contributed by atoms with E-state index in [1.165, 1.54) is 4.90 Å². The number of ether oxygens (including phenoxy) is 2. The second-order valence-electron chi connectivity index (χ2n) is 2.85. The highest BCUT2D eigenvalue weighted by Gasteiger charge is 2.17. The van der Waals surface area contributed by atoms with Gasteiger partial charge in [-0.05, 0) is 18.4 Å². The molecule has 1 aromatic rings. The molecular formula is C10H12O2S. The van der Waals surface area contributed by atoms with Crippen LogP contribution in [0.15, 0.2) is 29.2 Å². The van der Waals surface area contributed by atoms with Crippen molar-refractivity contribution in [1.82, 2.24) is 0 Å². The molecule has 1 saturated heterocycles. The van der Waals surface area contributed by atoms with E-state index >= 15 is 0 Å². The van der Waals surface area contributed by atoms with Gasteiger partial charge in [-0.2, -0.15) is 0 Å². The molecule has 0 N–H and O–H groups in total. The van der Waals surface area contributed by atoms with Gasteiger partial charge in [-0.1, -0.05) is 12.1 Å². The summed E-state index contributed by atoms with van der Waals surface area (Å²) >= 11 is 1.73. The Bertz CT molecular complexity index is 282. The highest BCUT2D eigenvalue weighted by atomic mass is 32.2. The van der Waals surface area contributed by atoms with Gasteiger partial charge in [0.15, 0.2) is 6.29 Å². The largest absolute Gasteiger partial charge is 0.346 e. The maximum atomic E-state index is 5.41. The maximum Gasteiger partial charge on any atom is 0.184 e. The highest BCUT2D eigenvalue weighted by Crippen LogP contribution is 2.26. The van der Waals surface area contributed by atoms with Crippen molar-refractivity contribution >= 4 is 11.8 Å². The summed E-state index contributed by atoms with van der Waals surface area (Å²) in [5, 5.41) is 0. The Morgan fingerprint density at radius 2 is 2.08 bits per heavy atom. The lowest BCUT2D eigenvalue weighted by Gasteiger charge is -2.09. The van der Waals surface area contributed by atoms with Crippen molar-refractivity contribution in [2.45, 2.75) is 11.2 Å². The monoisotopic (exact) mass is 196 g/mol. The van der Waals surface area contributed by atoms with Crippen LogP contribution in [-0.2, 0) is 9.47 Å². The molecule has 1 heterocycles. The Hall–Kier alpha value is -0.510. The van der Waals surface area contributed by atoms with Crippen molar-refractivity contribution in [3.8, 4) is 0 Å². The third-order valence-electron chi connectivity index (χ3n) is 1.99. The summed E-state index contributed by atoms with van der Waals surface area (Å²) in [5.41, 5.74) is 1.12. The Balaban J connectivity index is 2.18. The summed E-state index contributed by atoms with van der Waals surface area (Å²) in [6.07, 6.45) is 1.92. The van der Waals surface area contributed by atoms with Crippen LogP contribution in [0.5, 0.6) is 0 Å².